The molecule has 2 aromatic rings. The Kier molecular flexibility index (Phi) is 6.67. The summed E-state index contributed by atoms with van der Waals surface area (Å²) in [5.74, 6) is 0.191. The molecule has 164 valence electrons. The van der Waals surface area contributed by atoms with Crippen molar-refractivity contribution in [2.24, 2.45) is 5.41 Å². The lowest BCUT2D eigenvalue weighted by molar-refractivity contribution is 0.312. The number of anilines is 2. The highest BCUT2D eigenvalue weighted by atomic mass is 32.2. The lowest BCUT2D eigenvalue weighted by Crippen LogP contribution is -2.39. The van der Waals surface area contributed by atoms with Crippen LogP contribution in [0.2, 0.25) is 0 Å². The molecule has 1 aliphatic rings. The Morgan fingerprint density at radius 1 is 1.23 bits per heavy atom. The highest BCUT2D eigenvalue weighted by molar-refractivity contribution is 7.89. The zero-order valence-corrected chi connectivity index (χ0v) is 18.9. The van der Waals surface area contributed by atoms with E-state index >= 15 is 0 Å². The van der Waals surface area contributed by atoms with Gasteiger partial charge >= 0.3 is 0 Å². The molecule has 8 heteroatoms. The second-order valence-electron chi connectivity index (χ2n) is 8.96. The molecule has 2 N–H and O–H groups in total. The second kappa shape index (κ2) is 8.89. The van der Waals surface area contributed by atoms with Crippen molar-refractivity contribution in [1.29, 1.82) is 0 Å². The number of rotatable bonds is 6. The largest absolute Gasteiger partial charge is 0.382 e. The van der Waals surface area contributed by atoms with Gasteiger partial charge in [-0.25, -0.2) is 17.8 Å². The average Bonchev–Trinajstić information content (AvgIpc) is 2.71. The van der Waals surface area contributed by atoms with E-state index in [2.05, 4.69) is 31.4 Å². The number of nitrogens with one attached hydrogen (secondary N) is 2. The maximum Gasteiger partial charge on any atom is 0.243 e. The first-order valence-corrected chi connectivity index (χ1v) is 11.7. The summed E-state index contributed by atoms with van der Waals surface area (Å²) >= 11 is 0. The molecule has 0 amide bonds. The van der Waals surface area contributed by atoms with Gasteiger partial charge in [-0.05, 0) is 48.6 Å². The van der Waals surface area contributed by atoms with E-state index in [1.807, 2.05) is 19.2 Å². The first-order chi connectivity index (χ1) is 14.1. The highest BCUT2D eigenvalue weighted by Gasteiger charge is 2.32. The van der Waals surface area contributed by atoms with E-state index in [9.17, 15) is 12.8 Å². The Labute approximate surface area is 179 Å². The number of piperidine rings is 1. The van der Waals surface area contributed by atoms with Gasteiger partial charge in [0.05, 0.1) is 10.6 Å². The average molecular weight is 435 g/mol. The molecular weight excluding hydrogens is 403 g/mol. The predicted molar refractivity (Wildman–Crippen MR) is 119 cm³/mol. The molecule has 2 heterocycles. The molecule has 1 atom stereocenters. The Morgan fingerprint density at radius 3 is 2.67 bits per heavy atom. The summed E-state index contributed by atoms with van der Waals surface area (Å²) < 4.78 is 41.0. The maximum absolute atomic E-state index is 13.6. The van der Waals surface area contributed by atoms with Crippen LogP contribution in [-0.2, 0) is 10.0 Å². The zero-order chi connectivity index (χ0) is 21.9. The number of benzene rings is 1. The van der Waals surface area contributed by atoms with Crippen LogP contribution >= 0.6 is 0 Å². The summed E-state index contributed by atoms with van der Waals surface area (Å²) in [6.45, 7) is 8.07. The SMILES string of the molecule is CNc1nc(C2CCCN(S(=O)(=O)c3cccc(F)c3)C2)ccc1NCC(C)(C)C. The summed E-state index contributed by atoms with van der Waals surface area (Å²) in [6.07, 6.45) is 1.60. The molecule has 1 aromatic carbocycles. The summed E-state index contributed by atoms with van der Waals surface area (Å²) in [5, 5.41) is 6.56. The molecular formula is C22H31FN4O2S. The lowest BCUT2D eigenvalue weighted by atomic mass is 9.95. The van der Waals surface area contributed by atoms with Gasteiger partial charge in [-0.1, -0.05) is 26.8 Å². The lowest BCUT2D eigenvalue weighted by Gasteiger charge is -2.32. The van der Waals surface area contributed by atoms with Gasteiger partial charge in [0, 0.05) is 38.3 Å². The maximum atomic E-state index is 13.6. The molecule has 0 spiro atoms. The third kappa shape index (κ3) is 5.29. The highest BCUT2D eigenvalue weighted by Crippen LogP contribution is 2.32. The number of halogens is 1. The van der Waals surface area contributed by atoms with Crippen molar-refractivity contribution in [3.05, 3.63) is 47.9 Å². The monoisotopic (exact) mass is 434 g/mol. The number of nitrogens with zero attached hydrogens (tertiary/aromatic N) is 2. The normalized spacial score (nSPS) is 18.2. The van der Waals surface area contributed by atoms with E-state index in [-0.39, 0.29) is 16.2 Å². The molecule has 0 bridgehead atoms. The number of hydrogen-bond donors (Lipinski definition) is 2. The minimum atomic E-state index is -3.74. The van der Waals surface area contributed by atoms with Crippen LogP contribution in [0.4, 0.5) is 15.9 Å². The first kappa shape index (κ1) is 22.5. The number of hydrogen-bond acceptors (Lipinski definition) is 5. The molecule has 0 aliphatic carbocycles. The molecule has 1 aromatic heterocycles. The number of sulfonamides is 1. The fourth-order valence-corrected chi connectivity index (χ4v) is 5.13. The molecule has 30 heavy (non-hydrogen) atoms. The number of pyridine rings is 1. The quantitative estimate of drug-likeness (QED) is 0.710. The van der Waals surface area contributed by atoms with E-state index in [4.69, 9.17) is 4.98 Å². The van der Waals surface area contributed by atoms with E-state index in [0.29, 0.717) is 13.1 Å². The van der Waals surface area contributed by atoms with Crippen LogP contribution < -0.4 is 10.6 Å². The van der Waals surface area contributed by atoms with Gasteiger partial charge in [0.25, 0.3) is 0 Å². The Balaban J connectivity index is 1.79. The van der Waals surface area contributed by atoms with Gasteiger partial charge in [0.2, 0.25) is 10.0 Å². The number of aromatic nitrogens is 1. The second-order valence-corrected chi connectivity index (χ2v) is 10.9. The van der Waals surface area contributed by atoms with Crippen LogP contribution in [0.25, 0.3) is 0 Å². The van der Waals surface area contributed by atoms with Gasteiger partial charge in [-0.2, -0.15) is 4.31 Å². The topological polar surface area (TPSA) is 74.3 Å². The Morgan fingerprint density at radius 2 is 2.00 bits per heavy atom. The molecule has 3 rings (SSSR count). The Bertz CT molecular complexity index is 989. The summed E-state index contributed by atoms with van der Waals surface area (Å²) in [4.78, 5) is 4.76. The molecule has 6 nitrogen and oxygen atoms in total. The summed E-state index contributed by atoms with van der Waals surface area (Å²) in [6, 6.07) is 9.15. The molecule has 0 radical (unpaired) electrons. The van der Waals surface area contributed by atoms with Crippen molar-refractivity contribution in [1.82, 2.24) is 9.29 Å². The third-order valence-electron chi connectivity index (χ3n) is 5.20. The third-order valence-corrected chi connectivity index (χ3v) is 7.06. The molecule has 1 aliphatic heterocycles. The van der Waals surface area contributed by atoms with Crippen molar-refractivity contribution in [2.45, 2.75) is 44.4 Å². The van der Waals surface area contributed by atoms with Crippen molar-refractivity contribution in [3.63, 3.8) is 0 Å². The molecule has 1 fully saturated rings. The zero-order valence-electron chi connectivity index (χ0n) is 18.1. The van der Waals surface area contributed by atoms with Crippen molar-refractivity contribution in [2.75, 3.05) is 37.3 Å². The summed E-state index contributed by atoms with van der Waals surface area (Å²) in [5.41, 5.74) is 1.93. The van der Waals surface area contributed by atoms with Gasteiger partial charge in [-0.15, -0.1) is 0 Å². The minimum absolute atomic E-state index is 0.00579. The first-order valence-electron chi connectivity index (χ1n) is 10.3. The molecule has 1 saturated heterocycles. The standard InChI is InChI=1S/C22H31FN4O2S/c1-22(2,3)15-25-20-11-10-19(26-21(20)24-4)16-7-6-12-27(14-16)30(28,29)18-9-5-8-17(23)13-18/h5,8-11,13,16,25H,6-7,12,14-15H2,1-4H3,(H,24,26). The van der Waals surface area contributed by atoms with Crippen molar-refractivity contribution >= 4 is 21.5 Å². The van der Waals surface area contributed by atoms with Crippen LogP contribution in [0.5, 0.6) is 0 Å². The molecule has 1 unspecified atom stereocenters. The van der Waals surface area contributed by atoms with Crippen molar-refractivity contribution < 1.29 is 12.8 Å². The van der Waals surface area contributed by atoms with Gasteiger partial charge in [-0.3, -0.25) is 0 Å². The van der Waals surface area contributed by atoms with Crippen LogP contribution in [0.15, 0.2) is 41.3 Å². The van der Waals surface area contributed by atoms with Gasteiger partial charge in [0.1, 0.15) is 11.6 Å². The fourth-order valence-electron chi connectivity index (χ4n) is 3.57. The van der Waals surface area contributed by atoms with Crippen LogP contribution in [0, 0.1) is 11.2 Å². The van der Waals surface area contributed by atoms with E-state index < -0.39 is 15.8 Å². The fraction of sp³-hybridized carbons (Fsp3) is 0.500. The van der Waals surface area contributed by atoms with E-state index in [1.165, 1.54) is 22.5 Å². The van der Waals surface area contributed by atoms with Gasteiger partial charge < -0.3 is 10.6 Å². The van der Waals surface area contributed by atoms with Gasteiger partial charge in [0.15, 0.2) is 0 Å². The summed E-state index contributed by atoms with van der Waals surface area (Å²) in [7, 11) is -1.91. The van der Waals surface area contributed by atoms with E-state index in [0.717, 1.165) is 42.7 Å². The molecule has 0 saturated carbocycles. The van der Waals surface area contributed by atoms with E-state index in [1.54, 1.807) is 0 Å². The Hall–Kier alpha value is -2.19. The van der Waals surface area contributed by atoms with Crippen LogP contribution in [0.3, 0.4) is 0 Å². The van der Waals surface area contributed by atoms with Crippen LogP contribution in [0.1, 0.15) is 45.2 Å². The smallest absolute Gasteiger partial charge is 0.243 e. The minimum Gasteiger partial charge on any atom is -0.382 e. The predicted octanol–water partition coefficient (Wildman–Crippen LogP) is 4.29. The van der Waals surface area contributed by atoms with Crippen molar-refractivity contribution in [3.8, 4) is 0 Å². The van der Waals surface area contributed by atoms with Crippen LogP contribution in [-0.4, -0.2) is 44.4 Å².